The largest absolute Gasteiger partial charge is 0.462 e. The van der Waals surface area contributed by atoms with Crippen LogP contribution >= 0.6 is 0 Å². The fraction of sp³-hybridized carbons (Fsp3) is 0.828. The normalized spacial score (nSPS) is 17.6. The van der Waals surface area contributed by atoms with Crippen molar-refractivity contribution in [1.82, 2.24) is 4.90 Å². The minimum absolute atomic E-state index is 0.00755. The minimum Gasteiger partial charge on any atom is -0.462 e. The molecular weight excluding hydrogens is 474 g/mol. The number of methoxy groups -OCH3 is 2. The van der Waals surface area contributed by atoms with Crippen LogP contribution in [0.1, 0.15) is 81.1 Å². The predicted octanol–water partition coefficient (Wildman–Crippen LogP) is 5.24. The van der Waals surface area contributed by atoms with Gasteiger partial charge in [-0.1, -0.05) is 61.5 Å². The molecule has 0 aliphatic heterocycles. The van der Waals surface area contributed by atoms with Gasteiger partial charge in [0, 0.05) is 52.1 Å². The van der Waals surface area contributed by atoms with Crippen molar-refractivity contribution in [3.63, 3.8) is 0 Å². The lowest BCUT2D eigenvalue weighted by molar-refractivity contribution is -0.159. The summed E-state index contributed by atoms with van der Waals surface area (Å²) < 4.78 is 23.3. The third-order valence-corrected chi connectivity index (χ3v) is 7.05. The van der Waals surface area contributed by atoms with Gasteiger partial charge in [-0.25, -0.2) is 0 Å². The van der Waals surface area contributed by atoms with E-state index in [1.165, 1.54) is 4.90 Å². The lowest BCUT2D eigenvalue weighted by Crippen LogP contribution is -2.39. The van der Waals surface area contributed by atoms with Crippen molar-refractivity contribution < 1.29 is 33.3 Å². The number of carbonyl (C=O) groups is 3. The summed E-state index contributed by atoms with van der Waals surface area (Å²) in [6.07, 6.45) is 5.86. The molecule has 7 atom stereocenters. The van der Waals surface area contributed by atoms with E-state index in [-0.39, 0.29) is 65.9 Å². The Balaban J connectivity index is 5.59. The van der Waals surface area contributed by atoms with Gasteiger partial charge in [0.25, 0.3) is 0 Å². The molecule has 0 N–H and O–H groups in total. The molecule has 7 unspecified atom stereocenters. The molecule has 0 fully saturated rings. The van der Waals surface area contributed by atoms with E-state index < -0.39 is 0 Å². The maximum atomic E-state index is 12.6. The van der Waals surface area contributed by atoms with Gasteiger partial charge in [0.05, 0.1) is 18.1 Å². The molecule has 0 saturated heterocycles. The van der Waals surface area contributed by atoms with Gasteiger partial charge >= 0.3 is 11.9 Å². The van der Waals surface area contributed by atoms with Crippen LogP contribution in [0, 0.1) is 29.6 Å². The van der Waals surface area contributed by atoms with Crippen molar-refractivity contribution in [3.8, 4) is 0 Å². The second-order valence-electron chi connectivity index (χ2n) is 10.9. The molecular formula is C29H53NO7. The zero-order valence-electron chi connectivity index (χ0n) is 25.1. The fourth-order valence-corrected chi connectivity index (χ4v) is 4.36. The van der Waals surface area contributed by atoms with E-state index in [1.54, 1.807) is 34.4 Å². The van der Waals surface area contributed by atoms with E-state index >= 15 is 0 Å². The Labute approximate surface area is 225 Å². The highest BCUT2D eigenvalue weighted by molar-refractivity contribution is 5.71. The minimum atomic E-state index is -0.349. The number of amides is 1. The van der Waals surface area contributed by atoms with Gasteiger partial charge in [0.15, 0.2) is 0 Å². The van der Waals surface area contributed by atoms with Crippen LogP contribution in [0.4, 0.5) is 0 Å². The number of carbonyl (C=O) groups excluding carboxylic acids is 3. The third-order valence-electron chi connectivity index (χ3n) is 7.05. The third kappa shape index (κ3) is 12.9. The Kier molecular flexibility index (Phi) is 17.4. The lowest BCUT2D eigenvalue weighted by Gasteiger charge is -2.34. The van der Waals surface area contributed by atoms with Gasteiger partial charge in [-0.2, -0.15) is 0 Å². The smallest absolute Gasteiger partial charge is 0.308 e. The van der Waals surface area contributed by atoms with Crippen LogP contribution in [0.3, 0.4) is 0 Å². The fourth-order valence-electron chi connectivity index (χ4n) is 4.36. The summed E-state index contributed by atoms with van der Waals surface area (Å²) in [5.41, 5.74) is 0. The van der Waals surface area contributed by atoms with E-state index in [1.807, 2.05) is 47.6 Å². The topological polar surface area (TPSA) is 91.4 Å². The van der Waals surface area contributed by atoms with Crippen LogP contribution in [0.25, 0.3) is 0 Å². The van der Waals surface area contributed by atoms with Gasteiger partial charge in [0.1, 0.15) is 12.2 Å². The maximum Gasteiger partial charge on any atom is 0.308 e. The number of rotatable bonds is 19. The molecule has 37 heavy (non-hydrogen) atoms. The van der Waals surface area contributed by atoms with E-state index in [0.29, 0.717) is 19.3 Å². The number of nitrogens with zero attached hydrogens (tertiary/aromatic N) is 1. The highest BCUT2D eigenvalue weighted by Crippen LogP contribution is 2.29. The van der Waals surface area contributed by atoms with Crippen LogP contribution in [0.5, 0.6) is 0 Å². The maximum absolute atomic E-state index is 12.6. The molecule has 0 bridgehead atoms. The Hall–Kier alpha value is -1.93. The summed E-state index contributed by atoms with van der Waals surface area (Å²) in [5, 5.41) is 0. The van der Waals surface area contributed by atoms with Gasteiger partial charge in [-0.3, -0.25) is 14.4 Å². The second-order valence-corrected chi connectivity index (χ2v) is 10.9. The standard InChI is InChI=1S/C29H53NO7/c1-12-27(32)36-25(19(2)3)17-26(34-10)21(6)13-14-24(37-29(33)20(4)5)23(8)28(35-11)22(7)15-16-30(9)18-31/h15-16,18-26,28H,12-14,17H2,1-11H3. The van der Waals surface area contributed by atoms with E-state index in [0.717, 1.165) is 12.8 Å². The van der Waals surface area contributed by atoms with E-state index in [2.05, 4.69) is 6.92 Å². The molecule has 0 saturated carbocycles. The number of ether oxygens (including phenoxy) is 4. The van der Waals surface area contributed by atoms with Gasteiger partial charge in [0.2, 0.25) is 6.41 Å². The lowest BCUT2D eigenvalue weighted by atomic mass is 9.84. The van der Waals surface area contributed by atoms with Crippen LogP contribution in [-0.2, 0) is 33.3 Å². The first kappa shape index (κ1) is 35.1. The molecule has 0 radical (unpaired) electrons. The highest BCUT2D eigenvalue weighted by Gasteiger charge is 2.33. The molecule has 8 heteroatoms. The van der Waals surface area contributed by atoms with Crippen molar-refractivity contribution >= 4 is 18.3 Å². The number of hydrogen-bond acceptors (Lipinski definition) is 7. The molecule has 1 amide bonds. The van der Waals surface area contributed by atoms with Crippen molar-refractivity contribution in [2.45, 2.75) is 105 Å². The van der Waals surface area contributed by atoms with Crippen LogP contribution in [-0.4, -0.2) is 68.9 Å². The summed E-state index contributed by atoms with van der Waals surface area (Å²) >= 11 is 0. The first-order chi connectivity index (χ1) is 17.3. The molecule has 0 aromatic heterocycles. The van der Waals surface area contributed by atoms with Crippen LogP contribution < -0.4 is 0 Å². The first-order valence-electron chi connectivity index (χ1n) is 13.6. The summed E-state index contributed by atoms with van der Waals surface area (Å²) in [4.78, 5) is 36.9. The summed E-state index contributed by atoms with van der Waals surface area (Å²) in [7, 11) is 5.02. The van der Waals surface area contributed by atoms with Gasteiger partial charge < -0.3 is 23.8 Å². The quantitative estimate of drug-likeness (QED) is 0.167. The zero-order valence-corrected chi connectivity index (χ0v) is 25.1. The molecule has 8 nitrogen and oxygen atoms in total. The predicted molar refractivity (Wildman–Crippen MR) is 146 cm³/mol. The summed E-state index contributed by atoms with van der Waals surface area (Å²) in [6.45, 7) is 15.7. The SMILES string of the molecule is CCC(=O)OC(CC(OC)C(C)CCC(OC(=O)C(C)C)C(C)C(OC)C(C)C=CN(C)C=O)C(C)C. The average Bonchev–Trinajstić information content (AvgIpc) is 2.86. The molecule has 0 aliphatic rings. The van der Waals surface area contributed by atoms with Crippen molar-refractivity contribution in [3.05, 3.63) is 12.3 Å². The highest BCUT2D eigenvalue weighted by atomic mass is 16.6. The van der Waals surface area contributed by atoms with Gasteiger partial charge in [-0.15, -0.1) is 0 Å². The molecule has 0 aliphatic carbocycles. The van der Waals surface area contributed by atoms with Crippen molar-refractivity contribution in [2.75, 3.05) is 21.3 Å². The Morgan fingerprint density at radius 3 is 1.95 bits per heavy atom. The average molecular weight is 528 g/mol. The number of hydrogen-bond donors (Lipinski definition) is 0. The van der Waals surface area contributed by atoms with Crippen LogP contribution in [0.2, 0.25) is 0 Å². The first-order valence-corrected chi connectivity index (χ1v) is 13.6. The van der Waals surface area contributed by atoms with E-state index in [4.69, 9.17) is 18.9 Å². The molecule has 216 valence electrons. The Morgan fingerprint density at radius 2 is 1.49 bits per heavy atom. The molecule has 0 aromatic carbocycles. The monoisotopic (exact) mass is 527 g/mol. The summed E-state index contributed by atoms with van der Waals surface area (Å²) in [5.74, 6) is -0.447. The second kappa shape index (κ2) is 18.3. The van der Waals surface area contributed by atoms with Gasteiger partial charge in [-0.05, 0) is 24.7 Å². The van der Waals surface area contributed by atoms with Crippen LogP contribution in [0.15, 0.2) is 12.3 Å². The van der Waals surface area contributed by atoms with Crippen molar-refractivity contribution in [2.24, 2.45) is 29.6 Å². The number of esters is 2. The summed E-state index contributed by atoms with van der Waals surface area (Å²) in [6, 6.07) is 0. The van der Waals surface area contributed by atoms with Crippen molar-refractivity contribution in [1.29, 1.82) is 0 Å². The zero-order chi connectivity index (χ0) is 28.7. The molecule has 0 rings (SSSR count). The molecule has 0 heterocycles. The molecule has 0 aromatic rings. The van der Waals surface area contributed by atoms with E-state index in [9.17, 15) is 14.4 Å². The Morgan fingerprint density at radius 1 is 0.865 bits per heavy atom. The Bertz CT molecular complexity index is 694. The molecule has 0 spiro atoms.